The molecule has 2 saturated heterocycles. The Hall–Kier alpha value is -0.410. The second-order valence-electron chi connectivity index (χ2n) is 4.91. The van der Waals surface area contributed by atoms with E-state index in [4.69, 9.17) is 5.11 Å². The van der Waals surface area contributed by atoms with Crippen molar-refractivity contribution in [1.29, 1.82) is 0 Å². The maximum absolute atomic E-state index is 12.7. The highest BCUT2D eigenvalue weighted by atomic mass is 19.4. The molecule has 0 aromatic carbocycles. The normalized spacial score (nSPS) is 50.6. The van der Waals surface area contributed by atoms with Crippen LogP contribution in [-0.4, -0.2) is 62.6 Å². The van der Waals surface area contributed by atoms with Gasteiger partial charge in [0.1, 0.15) is 6.10 Å². The number of rotatable bonds is 1. The van der Waals surface area contributed by atoms with Crippen LogP contribution in [0.2, 0.25) is 0 Å². The van der Waals surface area contributed by atoms with Crippen LogP contribution in [0.15, 0.2) is 0 Å². The lowest BCUT2D eigenvalue weighted by atomic mass is 9.79. The first kappa shape index (κ1) is 13.0. The van der Waals surface area contributed by atoms with Crippen molar-refractivity contribution in [1.82, 2.24) is 5.32 Å². The van der Waals surface area contributed by atoms with E-state index in [1.807, 2.05) is 0 Å². The van der Waals surface area contributed by atoms with Crippen molar-refractivity contribution in [3.63, 3.8) is 0 Å². The van der Waals surface area contributed by atoms with Crippen LogP contribution in [0.3, 0.4) is 0 Å². The lowest BCUT2D eigenvalue weighted by Gasteiger charge is -2.44. The molecule has 5 atom stereocenters. The van der Waals surface area contributed by atoms with Gasteiger partial charge in [-0.2, -0.15) is 13.2 Å². The Balaban J connectivity index is 2.36. The van der Waals surface area contributed by atoms with E-state index in [1.54, 1.807) is 0 Å². The molecular formula is C9H14F3NO4. The fraction of sp³-hybridized carbons (Fsp3) is 1.00. The first-order valence-electron chi connectivity index (χ1n) is 5.19. The number of fused-ring (bicyclic) bond motifs is 2. The van der Waals surface area contributed by atoms with E-state index in [9.17, 15) is 28.5 Å². The third-order valence-corrected chi connectivity index (χ3v) is 3.75. The number of hydrogen-bond donors (Lipinski definition) is 5. The molecule has 0 unspecified atom stereocenters. The summed E-state index contributed by atoms with van der Waals surface area (Å²) in [5, 5.41) is 40.6. The van der Waals surface area contributed by atoms with Crippen molar-refractivity contribution in [3.05, 3.63) is 0 Å². The van der Waals surface area contributed by atoms with E-state index >= 15 is 0 Å². The highest BCUT2D eigenvalue weighted by molar-refractivity contribution is 5.18. The van der Waals surface area contributed by atoms with Crippen molar-refractivity contribution in [2.45, 2.75) is 48.4 Å². The minimum absolute atomic E-state index is 0.740. The maximum Gasteiger partial charge on any atom is 0.417 e. The van der Waals surface area contributed by atoms with Gasteiger partial charge in [-0.15, -0.1) is 0 Å². The molecule has 2 bridgehead atoms. The second-order valence-corrected chi connectivity index (χ2v) is 4.91. The average Bonchev–Trinajstić information content (AvgIpc) is 2.40. The molecule has 2 fully saturated rings. The summed E-state index contributed by atoms with van der Waals surface area (Å²) in [6.07, 6.45) is -9.45. The lowest BCUT2D eigenvalue weighted by Crippen LogP contribution is -2.65. The van der Waals surface area contributed by atoms with Gasteiger partial charge in [-0.3, -0.25) is 0 Å². The SMILES string of the molecule is OC[C@]12C[C@@](O)(C(F)(F)F)C[C@H](N1)[C@H](O)[C@H]2O. The highest BCUT2D eigenvalue weighted by Gasteiger charge is 2.67. The molecule has 8 heteroatoms. The van der Waals surface area contributed by atoms with Crippen molar-refractivity contribution in [2.24, 2.45) is 0 Å². The first-order chi connectivity index (χ1) is 7.65. The summed E-state index contributed by atoms with van der Waals surface area (Å²) in [7, 11) is 0. The predicted molar refractivity (Wildman–Crippen MR) is 49.0 cm³/mol. The molecule has 0 aliphatic carbocycles. The average molecular weight is 257 g/mol. The second kappa shape index (κ2) is 3.55. The van der Waals surface area contributed by atoms with Crippen LogP contribution >= 0.6 is 0 Å². The standard InChI is InChI=1S/C9H14F3NO4/c10-9(11,12)8(17)1-4-5(15)6(16)7(2-8,3-14)13-4/h4-6,13-17H,1-3H2/t4-,5-,6+,7-,8+/m0/s1. The molecular weight excluding hydrogens is 243 g/mol. The Bertz CT molecular complexity index is 326. The van der Waals surface area contributed by atoms with Crippen LogP contribution in [0.1, 0.15) is 12.8 Å². The fourth-order valence-electron chi connectivity index (χ4n) is 2.78. The van der Waals surface area contributed by atoms with Crippen LogP contribution in [-0.2, 0) is 0 Å². The Morgan fingerprint density at radius 1 is 1.29 bits per heavy atom. The van der Waals surface area contributed by atoms with Gasteiger partial charge >= 0.3 is 6.18 Å². The van der Waals surface area contributed by atoms with Gasteiger partial charge in [0.25, 0.3) is 0 Å². The first-order valence-corrected chi connectivity index (χ1v) is 5.19. The summed E-state index contributed by atoms with van der Waals surface area (Å²) >= 11 is 0. The molecule has 100 valence electrons. The Labute approximate surface area is 94.9 Å². The third-order valence-electron chi connectivity index (χ3n) is 3.75. The molecule has 0 saturated carbocycles. The molecule has 5 nitrogen and oxygen atoms in total. The zero-order chi connectivity index (χ0) is 13.1. The Morgan fingerprint density at radius 3 is 2.35 bits per heavy atom. The van der Waals surface area contributed by atoms with Gasteiger partial charge in [0, 0.05) is 18.9 Å². The number of alkyl halides is 3. The minimum Gasteiger partial charge on any atom is -0.394 e. The van der Waals surface area contributed by atoms with Gasteiger partial charge in [0.05, 0.1) is 18.2 Å². The maximum atomic E-state index is 12.7. The largest absolute Gasteiger partial charge is 0.417 e. The molecule has 2 rings (SSSR count). The van der Waals surface area contributed by atoms with Crippen LogP contribution in [0.4, 0.5) is 13.2 Å². The molecule has 5 N–H and O–H groups in total. The van der Waals surface area contributed by atoms with E-state index in [1.165, 1.54) is 0 Å². The number of aliphatic hydroxyl groups excluding tert-OH is 3. The van der Waals surface area contributed by atoms with Gasteiger partial charge in [-0.05, 0) is 0 Å². The number of hydrogen-bond acceptors (Lipinski definition) is 5. The van der Waals surface area contributed by atoms with Crippen LogP contribution in [0.5, 0.6) is 0 Å². The van der Waals surface area contributed by atoms with Gasteiger partial charge < -0.3 is 25.7 Å². The predicted octanol–water partition coefficient (Wildman–Crippen LogP) is -1.50. The number of halogens is 3. The molecule has 0 radical (unpaired) electrons. The van der Waals surface area contributed by atoms with E-state index in [0.29, 0.717) is 0 Å². The molecule has 0 aromatic rings. The van der Waals surface area contributed by atoms with E-state index in [2.05, 4.69) is 5.32 Å². The molecule has 0 amide bonds. The highest BCUT2D eigenvalue weighted by Crippen LogP contribution is 2.48. The third kappa shape index (κ3) is 1.66. The molecule has 17 heavy (non-hydrogen) atoms. The van der Waals surface area contributed by atoms with Crippen LogP contribution in [0, 0.1) is 0 Å². The Kier molecular flexibility index (Phi) is 2.72. The van der Waals surface area contributed by atoms with E-state index in [-0.39, 0.29) is 0 Å². The van der Waals surface area contributed by atoms with Crippen LogP contribution < -0.4 is 5.32 Å². The summed E-state index contributed by atoms with van der Waals surface area (Å²) in [4.78, 5) is 0. The fourth-order valence-corrected chi connectivity index (χ4v) is 2.78. The Morgan fingerprint density at radius 2 is 1.88 bits per heavy atom. The number of piperidine rings is 1. The van der Waals surface area contributed by atoms with Crippen LogP contribution in [0.25, 0.3) is 0 Å². The molecule has 2 heterocycles. The molecule has 2 aliphatic rings. The van der Waals surface area contributed by atoms with Crippen molar-refractivity contribution >= 4 is 0 Å². The van der Waals surface area contributed by atoms with Gasteiger partial charge in [-0.1, -0.05) is 0 Å². The molecule has 2 aliphatic heterocycles. The van der Waals surface area contributed by atoms with Gasteiger partial charge in [0.15, 0.2) is 5.60 Å². The zero-order valence-electron chi connectivity index (χ0n) is 8.78. The quantitative estimate of drug-likeness (QED) is 0.394. The summed E-state index contributed by atoms with van der Waals surface area (Å²) in [5.74, 6) is 0. The monoisotopic (exact) mass is 257 g/mol. The zero-order valence-corrected chi connectivity index (χ0v) is 8.78. The van der Waals surface area contributed by atoms with E-state index < -0.39 is 55.0 Å². The van der Waals surface area contributed by atoms with Crippen molar-refractivity contribution in [3.8, 4) is 0 Å². The summed E-state index contributed by atoms with van der Waals surface area (Å²) in [6, 6.07) is -1.09. The van der Waals surface area contributed by atoms with Crippen molar-refractivity contribution < 1.29 is 33.6 Å². The molecule has 0 spiro atoms. The topological polar surface area (TPSA) is 93.0 Å². The minimum atomic E-state index is -4.86. The van der Waals surface area contributed by atoms with Crippen molar-refractivity contribution in [2.75, 3.05) is 6.61 Å². The number of nitrogens with one attached hydrogen (secondary N) is 1. The number of aliphatic hydroxyl groups is 4. The smallest absolute Gasteiger partial charge is 0.394 e. The van der Waals surface area contributed by atoms with Gasteiger partial charge in [-0.25, -0.2) is 0 Å². The van der Waals surface area contributed by atoms with E-state index in [0.717, 1.165) is 0 Å². The lowest BCUT2D eigenvalue weighted by molar-refractivity contribution is -0.278. The summed E-state index contributed by atoms with van der Waals surface area (Å²) in [5.41, 5.74) is -4.70. The molecule has 0 aromatic heterocycles. The summed E-state index contributed by atoms with van der Waals surface area (Å²) < 4.78 is 38.2. The summed E-state index contributed by atoms with van der Waals surface area (Å²) in [6.45, 7) is -0.792. The van der Waals surface area contributed by atoms with Gasteiger partial charge in [0.2, 0.25) is 0 Å².